The van der Waals surface area contributed by atoms with Crippen molar-refractivity contribution in [3.8, 4) is 0 Å². The topological polar surface area (TPSA) is 58.2 Å². The summed E-state index contributed by atoms with van der Waals surface area (Å²) >= 11 is 0. The van der Waals surface area contributed by atoms with Crippen molar-refractivity contribution in [2.24, 2.45) is 0 Å². The molecule has 0 aromatic heterocycles. The highest BCUT2D eigenvalue weighted by Gasteiger charge is 2.10. The molecule has 2 N–H and O–H groups in total. The Morgan fingerprint density at radius 2 is 1.57 bits per heavy atom. The first kappa shape index (κ1) is 14.7. The molecule has 0 radical (unpaired) electrons. The van der Waals surface area contributed by atoms with Crippen LogP contribution in [0.4, 0.5) is 10.1 Å². The van der Waals surface area contributed by atoms with E-state index in [1.807, 2.05) is 0 Å². The van der Waals surface area contributed by atoms with Crippen molar-refractivity contribution in [2.75, 3.05) is 12.4 Å². The number of halogens is 1. The highest BCUT2D eigenvalue weighted by Crippen LogP contribution is 2.17. The van der Waals surface area contributed by atoms with E-state index in [0.29, 0.717) is 16.8 Å². The second-order valence-electron chi connectivity index (χ2n) is 4.57. The molecule has 0 fully saturated rings. The molecule has 5 heteroatoms. The highest BCUT2D eigenvalue weighted by atomic mass is 19.1. The molecule has 0 heterocycles. The number of hydrogen-bond donors (Lipinski definition) is 2. The molecule has 0 aliphatic carbocycles. The zero-order valence-electron chi connectivity index (χ0n) is 11.7. The van der Waals surface area contributed by atoms with Gasteiger partial charge >= 0.3 is 0 Å². The van der Waals surface area contributed by atoms with E-state index >= 15 is 0 Å². The van der Waals surface area contributed by atoms with Gasteiger partial charge in [0.2, 0.25) is 0 Å². The van der Waals surface area contributed by atoms with Crippen LogP contribution >= 0.6 is 0 Å². The largest absolute Gasteiger partial charge is 0.355 e. The molecule has 0 atom stereocenters. The Morgan fingerprint density at radius 3 is 2.14 bits per heavy atom. The first-order valence-corrected chi connectivity index (χ1v) is 6.41. The van der Waals surface area contributed by atoms with E-state index in [2.05, 4.69) is 10.6 Å². The summed E-state index contributed by atoms with van der Waals surface area (Å²) in [6.45, 7) is 1.80. The van der Waals surface area contributed by atoms with Crippen LogP contribution in [0, 0.1) is 12.7 Å². The van der Waals surface area contributed by atoms with Crippen LogP contribution < -0.4 is 10.6 Å². The maximum atomic E-state index is 12.8. The van der Waals surface area contributed by atoms with Gasteiger partial charge in [0.1, 0.15) is 5.82 Å². The van der Waals surface area contributed by atoms with Gasteiger partial charge in [0.05, 0.1) is 0 Å². The molecule has 108 valence electrons. The first-order chi connectivity index (χ1) is 10.0. The van der Waals surface area contributed by atoms with E-state index in [1.165, 1.54) is 24.3 Å². The SMILES string of the molecule is CNC(=O)c1ccc(NC(=O)c2ccc(F)cc2)c(C)c1. The van der Waals surface area contributed by atoms with Gasteiger partial charge in [-0.25, -0.2) is 4.39 Å². The average Bonchev–Trinajstić information content (AvgIpc) is 2.49. The van der Waals surface area contributed by atoms with E-state index in [4.69, 9.17) is 0 Å². The maximum Gasteiger partial charge on any atom is 0.255 e. The first-order valence-electron chi connectivity index (χ1n) is 6.41. The van der Waals surface area contributed by atoms with Crippen LogP contribution in [0.3, 0.4) is 0 Å². The van der Waals surface area contributed by atoms with Crippen LogP contribution in [0.2, 0.25) is 0 Å². The lowest BCUT2D eigenvalue weighted by molar-refractivity contribution is 0.0962. The van der Waals surface area contributed by atoms with Crippen molar-refractivity contribution in [2.45, 2.75) is 6.92 Å². The predicted molar refractivity (Wildman–Crippen MR) is 78.9 cm³/mol. The lowest BCUT2D eigenvalue weighted by atomic mass is 10.1. The molecule has 0 aliphatic heterocycles. The third-order valence-electron chi connectivity index (χ3n) is 3.07. The molecular formula is C16H15FN2O2. The van der Waals surface area contributed by atoms with Gasteiger partial charge in [0.15, 0.2) is 0 Å². The van der Waals surface area contributed by atoms with Crippen molar-refractivity contribution in [1.29, 1.82) is 0 Å². The number of benzene rings is 2. The van der Waals surface area contributed by atoms with E-state index in [-0.39, 0.29) is 11.8 Å². The molecule has 0 saturated carbocycles. The summed E-state index contributed by atoms with van der Waals surface area (Å²) in [7, 11) is 1.56. The monoisotopic (exact) mass is 286 g/mol. The van der Waals surface area contributed by atoms with Crippen molar-refractivity contribution < 1.29 is 14.0 Å². The standard InChI is InChI=1S/C16H15FN2O2/c1-10-9-12(15(20)18-2)5-8-14(10)19-16(21)11-3-6-13(17)7-4-11/h3-9H,1-2H3,(H,18,20)(H,19,21). The summed E-state index contributed by atoms with van der Waals surface area (Å²) in [6.07, 6.45) is 0. The number of rotatable bonds is 3. The average molecular weight is 286 g/mol. The van der Waals surface area contributed by atoms with Gasteiger partial charge < -0.3 is 10.6 Å². The van der Waals surface area contributed by atoms with Crippen LogP contribution in [-0.4, -0.2) is 18.9 Å². The van der Waals surface area contributed by atoms with Crippen LogP contribution in [0.5, 0.6) is 0 Å². The van der Waals surface area contributed by atoms with Crippen molar-refractivity contribution in [1.82, 2.24) is 5.32 Å². The molecule has 21 heavy (non-hydrogen) atoms. The van der Waals surface area contributed by atoms with Gasteiger partial charge in [-0.3, -0.25) is 9.59 Å². The number of anilines is 1. The summed E-state index contributed by atoms with van der Waals surface area (Å²) in [6, 6.07) is 10.3. The van der Waals surface area contributed by atoms with Gasteiger partial charge in [-0.05, 0) is 55.0 Å². The molecule has 2 rings (SSSR count). The van der Waals surface area contributed by atoms with Crippen LogP contribution in [0.25, 0.3) is 0 Å². The smallest absolute Gasteiger partial charge is 0.255 e. The van der Waals surface area contributed by atoms with Crippen LogP contribution in [-0.2, 0) is 0 Å². The Kier molecular flexibility index (Phi) is 4.33. The van der Waals surface area contributed by atoms with Crippen molar-refractivity contribution >= 4 is 17.5 Å². The Bertz CT molecular complexity index is 681. The van der Waals surface area contributed by atoms with Gasteiger partial charge in [0, 0.05) is 23.9 Å². The van der Waals surface area contributed by atoms with Crippen LogP contribution in [0.15, 0.2) is 42.5 Å². The predicted octanol–water partition coefficient (Wildman–Crippen LogP) is 2.75. The van der Waals surface area contributed by atoms with E-state index < -0.39 is 5.82 Å². The number of amides is 2. The van der Waals surface area contributed by atoms with E-state index in [9.17, 15) is 14.0 Å². The van der Waals surface area contributed by atoms with Crippen LogP contribution in [0.1, 0.15) is 26.3 Å². The third kappa shape index (κ3) is 3.45. The van der Waals surface area contributed by atoms with Crippen molar-refractivity contribution in [3.63, 3.8) is 0 Å². The fraction of sp³-hybridized carbons (Fsp3) is 0.125. The van der Waals surface area contributed by atoms with E-state index in [0.717, 1.165) is 5.56 Å². The molecule has 2 amide bonds. The number of carbonyl (C=O) groups excluding carboxylic acids is 2. The molecule has 0 bridgehead atoms. The molecule has 4 nitrogen and oxygen atoms in total. The van der Waals surface area contributed by atoms with Crippen molar-refractivity contribution in [3.05, 3.63) is 65.0 Å². The number of nitrogens with one attached hydrogen (secondary N) is 2. The Hall–Kier alpha value is -2.69. The maximum absolute atomic E-state index is 12.8. The minimum absolute atomic E-state index is 0.186. The quantitative estimate of drug-likeness (QED) is 0.911. The fourth-order valence-electron chi connectivity index (χ4n) is 1.89. The Morgan fingerprint density at radius 1 is 0.952 bits per heavy atom. The lowest BCUT2D eigenvalue weighted by Gasteiger charge is -2.10. The van der Waals surface area contributed by atoms with E-state index in [1.54, 1.807) is 32.2 Å². The van der Waals surface area contributed by atoms with Gasteiger partial charge in [-0.1, -0.05) is 0 Å². The second kappa shape index (κ2) is 6.17. The zero-order valence-corrected chi connectivity index (χ0v) is 11.7. The summed E-state index contributed by atoms with van der Waals surface area (Å²) in [4.78, 5) is 23.6. The molecule has 0 aliphatic rings. The summed E-state index contributed by atoms with van der Waals surface area (Å²) in [5.41, 5.74) is 2.27. The minimum Gasteiger partial charge on any atom is -0.355 e. The second-order valence-corrected chi connectivity index (χ2v) is 4.57. The molecule has 0 spiro atoms. The van der Waals surface area contributed by atoms with Gasteiger partial charge in [-0.15, -0.1) is 0 Å². The number of carbonyl (C=O) groups is 2. The number of aryl methyl sites for hydroxylation is 1. The lowest BCUT2D eigenvalue weighted by Crippen LogP contribution is -2.18. The molecule has 0 saturated heterocycles. The summed E-state index contributed by atoms with van der Waals surface area (Å²) in [5.74, 6) is -0.905. The summed E-state index contributed by atoms with van der Waals surface area (Å²) < 4.78 is 12.8. The fourth-order valence-corrected chi connectivity index (χ4v) is 1.89. The third-order valence-corrected chi connectivity index (χ3v) is 3.07. The van der Waals surface area contributed by atoms with Gasteiger partial charge in [0.25, 0.3) is 11.8 Å². The summed E-state index contributed by atoms with van der Waals surface area (Å²) in [5, 5.41) is 5.28. The Balaban J connectivity index is 2.18. The zero-order chi connectivity index (χ0) is 15.4. The molecular weight excluding hydrogens is 271 g/mol. The normalized spacial score (nSPS) is 10.0. The van der Waals surface area contributed by atoms with Gasteiger partial charge in [-0.2, -0.15) is 0 Å². The number of hydrogen-bond acceptors (Lipinski definition) is 2. The highest BCUT2D eigenvalue weighted by molar-refractivity contribution is 6.05. The minimum atomic E-state index is -0.391. The molecule has 0 unspecified atom stereocenters. The molecule has 2 aromatic rings. The Labute approximate surface area is 122 Å². The molecule has 2 aromatic carbocycles.